The summed E-state index contributed by atoms with van der Waals surface area (Å²) in [6.45, 7) is 10.3. The van der Waals surface area contributed by atoms with Crippen molar-refractivity contribution in [2.45, 2.75) is 46.8 Å². The molecule has 1 aromatic carbocycles. The smallest absolute Gasteiger partial charge is 0.407 e. The fourth-order valence-electron chi connectivity index (χ4n) is 6.42. The Morgan fingerprint density at radius 1 is 1.13 bits per heavy atom. The Morgan fingerprint density at radius 3 is 2.51 bits per heavy atom. The van der Waals surface area contributed by atoms with Gasteiger partial charge in [-0.3, -0.25) is 19.4 Å². The largest absolute Gasteiger partial charge is 0.465 e. The quantitative estimate of drug-likeness (QED) is 0.482. The van der Waals surface area contributed by atoms with Gasteiger partial charge in [-0.15, -0.1) is 0 Å². The molecule has 2 aliphatic heterocycles. The molecule has 10 nitrogen and oxygen atoms in total. The third kappa shape index (κ3) is 4.17. The highest BCUT2D eigenvalue weighted by atomic mass is 35.5. The van der Waals surface area contributed by atoms with E-state index >= 15 is 0 Å². The lowest BCUT2D eigenvalue weighted by Crippen LogP contribution is -2.52. The predicted octanol–water partition coefficient (Wildman–Crippen LogP) is 3.68. The summed E-state index contributed by atoms with van der Waals surface area (Å²) < 4.78 is 1.72. The molecule has 0 radical (unpaired) electrons. The van der Waals surface area contributed by atoms with E-state index in [4.69, 9.17) is 11.6 Å². The maximum Gasteiger partial charge on any atom is 0.407 e. The first-order valence-electron chi connectivity index (χ1n) is 13.2. The molecular formula is C28H31ClN6O4. The Balaban J connectivity index is 1.32. The predicted molar refractivity (Wildman–Crippen MR) is 144 cm³/mol. The molecule has 0 spiro atoms. The number of hydrogen-bond donors (Lipinski definition) is 1. The second kappa shape index (κ2) is 9.02. The first kappa shape index (κ1) is 25.8. The van der Waals surface area contributed by atoms with Crippen LogP contribution in [-0.2, 0) is 22.7 Å². The number of fused-ring (bicyclic) bond motifs is 2. The van der Waals surface area contributed by atoms with Crippen LogP contribution in [0.5, 0.6) is 0 Å². The first-order chi connectivity index (χ1) is 18.5. The molecule has 11 heteroatoms. The normalized spacial score (nSPS) is 24.5. The highest BCUT2D eigenvalue weighted by Gasteiger charge is 2.72. The Labute approximate surface area is 231 Å². The minimum absolute atomic E-state index is 0.0508. The number of nitrogens with zero attached hydrogens (tertiary/aromatic N) is 6. The van der Waals surface area contributed by atoms with Crippen LogP contribution in [0.3, 0.4) is 0 Å². The first-order valence-corrected chi connectivity index (χ1v) is 13.5. The zero-order chi connectivity index (χ0) is 27.8. The zero-order valence-electron chi connectivity index (χ0n) is 22.4. The number of piperidine rings is 1. The van der Waals surface area contributed by atoms with Crippen molar-refractivity contribution in [3.63, 3.8) is 0 Å². The molecule has 3 atom stereocenters. The van der Waals surface area contributed by atoms with Gasteiger partial charge in [-0.1, -0.05) is 25.4 Å². The summed E-state index contributed by atoms with van der Waals surface area (Å²) in [5.74, 6) is -0.619. The molecule has 2 saturated heterocycles. The number of amides is 3. The van der Waals surface area contributed by atoms with Crippen LogP contribution in [0.2, 0.25) is 5.02 Å². The average Bonchev–Trinajstić information content (AvgIpc) is 3.11. The third-order valence-corrected chi connectivity index (χ3v) is 9.00. The number of likely N-dealkylation sites (tertiary alicyclic amines) is 1. The van der Waals surface area contributed by atoms with Gasteiger partial charge in [-0.2, -0.15) is 5.10 Å². The summed E-state index contributed by atoms with van der Waals surface area (Å²) in [5, 5.41) is 14.4. The van der Waals surface area contributed by atoms with Gasteiger partial charge in [0.1, 0.15) is 6.33 Å². The number of imide groups is 1. The van der Waals surface area contributed by atoms with Gasteiger partial charge < -0.3 is 10.0 Å². The lowest BCUT2D eigenvalue weighted by molar-refractivity contribution is -0.143. The molecule has 3 fully saturated rings. The summed E-state index contributed by atoms with van der Waals surface area (Å²) in [6.07, 6.45) is 2.43. The molecule has 3 amide bonds. The molecule has 1 N–H and O–H groups in total. The second-order valence-corrected chi connectivity index (χ2v) is 12.1. The van der Waals surface area contributed by atoms with Crippen LogP contribution in [0.4, 0.5) is 4.79 Å². The SMILES string of the molecule is Cc1cc(Cl)cc(-c2ncnn3cc(CN4C(=O)C5C(C4=O)C5(C)C)cc23)c1CN1CCN(C(=O)O)C[C@@H]1C. The Hall–Kier alpha value is -3.50. The van der Waals surface area contributed by atoms with Crippen LogP contribution in [0.1, 0.15) is 37.5 Å². The van der Waals surface area contributed by atoms with Crippen molar-refractivity contribution < 1.29 is 19.5 Å². The van der Waals surface area contributed by atoms with Gasteiger partial charge in [0.25, 0.3) is 0 Å². The number of rotatable bonds is 5. The standard InChI is InChI=1S/C28H31ClN6O4/c1-15-7-18(29)9-19(20(15)13-32-5-6-33(27(38)39)10-16(32)2)24-21-8-17(12-35(21)31-14-30-24)11-34-25(36)22-23(26(34)37)28(22,3)4/h7-9,12,14,16,22-23H,5-6,10-11,13H2,1-4H3,(H,38,39)/t16-,22?,23?/m0/s1. The number of aromatic nitrogens is 3. The van der Waals surface area contributed by atoms with Crippen LogP contribution in [0.25, 0.3) is 16.8 Å². The van der Waals surface area contributed by atoms with E-state index in [2.05, 4.69) is 15.0 Å². The minimum atomic E-state index is -0.893. The van der Waals surface area contributed by atoms with Crippen molar-refractivity contribution in [3.05, 3.63) is 52.4 Å². The molecule has 0 bridgehead atoms. The fourth-order valence-corrected chi connectivity index (χ4v) is 6.69. The van der Waals surface area contributed by atoms with Gasteiger partial charge in [0, 0.05) is 49.0 Å². The minimum Gasteiger partial charge on any atom is -0.465 e. The number of carbonyl (C=O) groups is 3. The van der Waals surface area contributed by atoms with E-state index in [9.17, 15) is 19.5 Å². The molecule has 3 aliphatic rings. The van der Waals surface area contributed by atoms with Crippen molar-refractivity contribution in [1.82, 2.24) is 29.3 Å². The third-order valence-electron chi connectivity index (χ3n) is 8.78. The Kier molecular flexibility index (Phi) is 5.96. The molecule has 1 aliphatic carbocycles. The zero-order valence-corrected chi connectivity index (χ0v) is 23.1. The maximum atomic E-state index is 12.9. The number of carbonyl (C=O) groups excluding carboxylic acids is 2. The number of aryl methyl sites for hydroxylation is 1. The van der Waals surface area contributed by atoms with Crippen LogP contribution in [0, 0.1) is 24.2 Å². The van der Waals surface area contributed by atoms with Crippen LogP contribution in [0.15, 0.2) is 30.7 Å². The van der Waals surface area contributed by atoms with E-state index < -0.39 is 6.09 Å². The number of benzene rings is 1. The lowest BCUT2D eigenvalue weighted by Gasteiger charge is -2.39. The van der Waals surface area contributed by atoms with Gasteiger partial charge in [-0.25, -0.2) is 14.3 Å². The number of carboxylic acid groups (broad SMARTS) is 1. The van der Waals surface area contributed by atoms with Crippen LogP contribution >= 0.6 is 11.6 Å². The second-order valence-electron chi connectivity index (χ2n) is 11.6. The van der Waals surface area contributed by atoms with Crippen LogP contribution in [-0.4, -0.2) is 78.0 Å². The topological polar surface area (TPSA) is 111 Å². The van der Waals surface area contributed by atoms with E-state index in [1.165, 1.54) is 16.1 Å². The molecular weight excluding hydrogens is 520 g/mol. The van der Waals surface area contributed by atoms with Gasteiger partial charge >= 0.3 is 6.09 Å². The summed E-state index contributed by atoms with van der Waals surface area (Å²) in [7, 11) is 0. The van der Waals surface area contributed by atoms with E-state index in [1.807, 2.05) is 52.1 Å². The van der Waals surface area contributed by atoms with Crippen molar-refractivity contribution in [3.8, 4) is 11.3 Å². The van der Waals surface area contributed by atoms with Gasteiger partial charge in [-0.05, 0) is 54.2 Å². The Morgan fingerprint density at radius 2 is 1.85 bits per heavy atom. The number of piperazine rings is 1. The highest BCUT2D eigenvalue weighted by Crippen LogP contribution is 2.63. The van der Waals surface area contributed by atoms with Crippen molar-refractivity contribution in [2.24, 2.45) is 17.3 Å². The van der Waals surface area contributed by atoms with Crippen molar-refractivity contribution >= 4 is 35.0 Å². The molecule has 2 unspecified atom stereocenters. The maximum absolute atomic E-state index is 12.9. The molecule has 39 heavy (non-hydrogen) atoms. The van der Waals surface area contributed by atoms with Crippen LogP contribution < -0.4 is 0 Å². The van der Waals surface area contributed by atoms with Gasteiger partial charge in [0.05, 0.1) is 29.6 Å². The molecule has 6 rings (SSSR count). The van der Waals surface area contributed by atoms with Gasteiger partial charge in [0.2, 0.25) is 11.8 Å². The number of halogens is 1. The summed E-state index contributed by atoms with van der Waals surface area (Å²) in [5.41, 5.74) is 4.97. The van der Waals surface area contributed by atoms with Crippen molar-refractivity contribution in [1.29, 1.82) is 0 Å². The molecule has 1 saturated carbocycles. The summed E-state index contributed by atoms with van der Waals surface area (Å²) in [6, 6.07) is 5.81. The molecule has 2 aromatic heterocycles. The number of hydrogen-bond acceptors (Lipinski definition) is 6. The highest BCUT2D eigenvalue weighted by molar-refractivity contribution is 6.31. The summed E-state index contributed by atoms with van der Waals surface area (Å²) >= 11 is 6.52. The van der Waals surface area contributed by atoms with E-state index in [0.29, 0.717) is 36.9 Å². The average molecular weight is 551 g/mol. The monoisotopic (exact) mass is 550 g/mol. The van der Waals surface area contributed by atoms with Gasteiger partial charge in [0.15, 0.2) is 0 Å². The van der Waals surface area contributed by atoms with E-state index in [0.717, 1.165) is 27.8 Å². The van der Waals surface area contributed by atoms with E-state index in [-0.39, 0.29) is 41.7 Å². The summed E-state index contributed by atoms with van der Waals surface area (Å²) in [4.78, 5) is 47.0. The van der Waals surface area contributed by atoms with Crippen molar-refractivity contribution in [2.75, 3.05) is 19.6 Å². The Bertz CT molecular complexity index is 1510. The molecule has 4 heterocycles. The molecule has 3 aromatic rings. The fraction of sp³-hybridized carbons (Fsp3) is 0.464. The molecule has 204 valence electrons. The lowest BCUT2D eigenvalue weighted by atomic mass is 9.97. The van der Waals surface area contributed by atoms with E-state index in [1.54, 1.807) is 4.52 Å².